The molecule has 1 aromatic heterocycles. The Hall–Kier alpha value is -2.18. The highest BCUT2D eigenvalue weighted by Crippen LogP contribution is 2.52. The summed E-state index contributed by atoms with van der Waals surface area (Å²) in [6.45, 7) is 3.06. The fraction of sp³-hybridized carbons (Fsp3) is 0.316. The Labute approximate surface area is 161 Å². The number of aliphatic hydroxyl groups is 1. The zero-order valence-corrected chi connectivity index (χ0v) is 16.4. The van der Waals surface area contributed by atoms with E-state index in [0.29, 0.717) is 4.88 Å². The minimum atomic E-state index is -4.02. The normalized spacial score (nSPS) is 22.0. The van der Waals surface area contributed by atoms with Gasteiger partial charge in [0.15, 0.2) is 0 Å². The highest BCUT2D eigenvalue weighted by atomic mass is 32.2. The highest BCUT2D eigenvalue weighted by Gasteiger charge is 2.63. The minimum Gasteiger partial charge on any atom is -0.480 e. The van der Waals surface area contributed by atoms with Crippen molar-refractivity contribution in [2.45, 2.75) is 41.5 Å². The lowest BCUT2D eigenvalue weighted by atomic mass is 10.1. The van der Waals surface area contributed by atoms with Gasteiger partial charge in [-0.25, -0.2) is 8.42 Å². The molecule has 3 N–H and O–H groups in total. The fourth-order valence-electron chi connectivity index (χ4n) is 2.78. The van der Waals surface area contributed by atoms with Crippen LogP contribution in [0.25, 0.3) is 0 Å². The Bertz CT molecular complexity index is 1030. The summed E-state index contributed by atoms with van der Waals surface area (Å²) in [4.78, 5) is 12.3. The molecule has 0 unspecified atom stereocenters. The molecule has 1 aliphatic rings. The smallest absolute Gasteiger partial charge is 0.325 e. The molecule has 27 heavy (non-hydrogen) atoms. The molecule has 0 amide bonds. The summed E-state index contributed by atoms with van der Waals surface area (Å²) in [6.07, 6.45) is 0.197. The van der Waals surface area contributed by atoms with E-state index in [0.717, 1.165) is 16.9 Å². The molecule has 2 atom stereocenters. The Morgan fingerprint density at radius 1 is 1.26 bits per heavy atom. The van der Waals surface area contributed by atoms with Crippen LogP contribution in [0.3, 0.4) is 0 Å². The van der Waals surface area contributed by atoms with Gasteiger partial charge in [-0.2, -0.15) is 4.72 Å². The van der Waals surface area contributed by atoms with Crippen LogP contribution in [-0.4, -0.2) is 35.7 Å². The predicted octanol–water partition coefficient (Wildman–Crippen LogP) is 2.16. The molecule has 2 aromatic rings. The van der Waals surface area contributed by atoms with Crippen LogP contribution in [0, 0.1) is 11.8 Å². The minimum absolute atomic E-state index is 0.0121. The molecule has 1 heterocycles. The zero-order valence-electron chi connectivity index (χ0n) is 14.8. The van der Waals surface area contributed by atoms with Crippen LogP contribution in [0.2, 0.25) is 0 Å². The molecular formula is C19H19NO5S2. The first kappa shape index (κ1) is 19.6. The number of aliphatic carboxylic acids is 1. The number of nitrogens with one attached hydrogen (secondary N) is 1. The number of thiophene rings is 1. The van der Waals surface area contributed by atoms with E-state index in [-0.39, 0.29) is 10.6 Å². The lowest BCUT2D eigenvalue weighted by Gasteiger charge is -2.14. The third-order valence-corrected chi connectivity index (χ3v) is 7.20. The zero-order chi connectivity index (χ0) is 19.9. The van der Waals surface area contributed by atoms with Gasteiger partial charge in [-0.05, 0) is 38.0 Å². The van der Waals surface area contributed by atoms with Crippen molar-refractivity contribution in [3.8, 4) is 11.8 Å². The molecule has 0 saturated heterocycles. The molecule has 6 nitrogen and oxygen atoms in total. The molecule has 0 aliphatic heterocycles. The molecule has 3 rings (SSSR count). The number of carboxylic acid groups (broad SMARTS) is 1. The summed E-state index contributed by atoms with van der Waals surface area (Å²) < 4.78 is 27.8. The van der Waals surface area contributed by atoms with Crippen molar-refractivity contribution in [1.29, 1.82) is 0 Å². The van der Waals surface area contributed by atoms with E-state index in [2.05, 4.69) is 16.6 Å². The number of hydrogen-bond donors (Lipinski definition) is 3. The SMILES string of the molecule is CC(C)(O)C#Cc1ccc(S(=O)(=O)N[C@@]2(C(=O)O)C[C@H]2c2ccccc2)s1. The van der Waals surface area contributed by atoms with Crippen molar-refractivity contribution in [2.24, 2.45) is 0 Å². The molecule has 0 radical (unpaired) electrons. The van der Waals surface area contributed by atoms with Crippen LogP contribution >= 0.6 is 11.3 Å². The maximum atomic E-state index is 12.7. The third kappa shape index (κ3) is 4.22. The maximum absolute atomic E-state index is 12.7. The first-order valence-corrected chi connectivity index (χ1v) is 10.5. The fourth-order valence-corrected chi connectivity index (χ4v) is 5.34. The van der Waals surface area contributed by atoms with Crippen LogP contribution < -0.4 is 4.72 Å². The van der Waals surface area contributed by atoms with Gasteiger partial charge in [-0.3, -0.25) is 4.79 Å². The molecule has 142 valence electrons. The number of benzene rings is 1. The van der Waals surface area contributed by atoms with Crippen molar-refractivity contribution in [3.05, 3.63) is 52.9 Å². The van der Waals surface area contributed by atoms with E-state index in [1.165, 1.54) is 26.0 Å². The first-order valence-electron chi connectivity index (χ1n) is 8.21. The average Bonchev–Trinajstić information content (AvgIpc) is 3.09. The summed E-state index contributed by atoms with van der Waals surface area (Å²) >= 11 is 0.930. The monoisotopic (exact) mass is 405 g/mol. The van der Waals surface area contributed by atoms with Crippen LogP contribution in [0.1, 0.15) is 36.6 Å². The van der Waals surface area contributed by atoms with Crippen molar-refractivity contribution in [2.75, 3.05) is 0 Å². The molecule has 1 aromatic carbocycles. The van der Waals surface area contributed by atoms with E-state index in [4.69, 9.17) is 0 Å². The molecule has 0 spiro atoms. The Balaban J connectivity index is 1.84. The average molecular weight is 405 g/mol. The number of sulfonamides is 1. The standard InChI is InChI=1S/C19H19NO5S2/c1-18(2,23)11-10-14-8-9-16(26-14)27(24,25)20-19(17(21)22)12-15(19)13-6-4-3-5-7-13/h3-9,15,20,23H,12H2,1-2H3,(H,21,22)/t15-,19-/m0/s1. The lowest BCUT2D eigenvalue weighted by molar-refractivity contribution is -0.140. The summed E-state index contributed by atoms with van der Waals surface area (Å²) in [6, 6.07) is 11.9. The highest BCUT2D eigenvalue weighted by molar-refractivity contribution is 7.91. The molecule has 1 saturated carbocycles. The molecule has 1 aliphatic carbocycles. The largest absolute Gasteiger partial charge is 0.480 e. The molecule has 8 heteroatoms. The van der Waals surface area contributed by atoms with E-state index in [1.54, 1.807) is 24.3 Å². The van der Waals surface area contributed by atoms with E-state index >= 15 is 0 Å². The Morgan fingerprint density at radius 3 is 2.52 bits per heavy atom. The van der Waals surface area contributed by atoms with Crippen LogP contribution in [0.15, 0.2) is 46.7 Å². The second-order valence-corrected chi connectivity index (χ2v) is 9.97. The second kappa shape index (κ2) is 6.77. The van der Waals surface area contributed by atoms with E-state index in [9.17, 15) is 23.4 Å². The van der Waals surface area contributed by atoms with Crippen molar-refractivity contribution in [1.82, 2.24) is 4.72 Å². The summed E-state index contributed by atoms with van der Waals surface area (Å²) in [7, 11) is -4.02. The van der Waals surface area contributed by atoms with Crippen molar-refractivity contribution in [3.63, 3.8) is 0 Å². The quantitative estimate of drug-likeness (QED) is 0.662. The third-order valence-electron chi connectivity index (χ3n) is 4.20. The van der Waals surface area contributed by atoms with Crippen molar-refractivity contribution < 1.29 is 23.4 Å². The number of rotatable bonds is 5. The van der Waals surface area contributed by atoms with Crippen molar-refractivity contribution >= 4 is 27.3 Å². The number of hydrogen-bond acceptors (Lipinski definition) is 5. The number of carboxylic acids is 1. The number of carbonyl (C=O) groups is 1. The summed E-state index contributed by atoms with van der Waals surface area (Å²) in [5.41, 5.74) is -1.94. The van der Waals surface area contributed by atoms with Gasteiger partial charge in [0.2, 0.25) is 0 Å². The van der Waals surface area contributed by atoms with Gasteiger partial charge in [-0.15, -0.1) is 11.3 Å². The van der Waals surface area contributed by atoms with Gasteiger partial charge >= 0.3 is 5.97 Å². The maximum Gasteiger partial charge on any atom is 0.325 e. The van der Waals surface area contributed by atoms with Crippen LogP contribution in [-0.2, 0) is 14.8 Å². The van der Waals surface area contributed by atoms with E-state index in [1.807, 2.05) is 6.07 Å². The van der Waals surface area contributed by atoms with Gasteiger partial charge in [0.05, 0.1) is 4.88 Å². The Morgan fingerprint density at radius 2 is 1.93 bits per heavy atom. The topological polar surface area (TPSA) is 104 Å². The van der Waals surface area contributed by atoms with Gasteiger partial charge < -0.3 is 10.2 Å². The summed E-state index contributed by atoms with van der Waals surface area (Å²) in [5, 5.41) is 19.3. The Kier molecular flexibility index (Phi) is 4.91. The van der Waals surface area contributed by atoms with Gasteiger partial charge in [-0.1, -0.05) is 42.2 Å². The molecule has 1 fully saturated rings. The van der Waals surface area contributed by atoms with Gasteiger partial charge in [0.1, 0.15) is 15.3 Å². The lowest BCUT2D eigenvalue weighted by Crippen LogP contribution is -2.44. The first-order chi connectivity index (χ1) is 12.5. The van der Waals surface area contributed by atoms with Gasteiger partial charge in [0.25, 0.3) is 10.0 Å². The van der Waals surface area contributed by atoms with Gasteiger partial charge in [0, 0.05) is 5.92 Å². The molecular weight excluding hydrogens is 386 g/mol. The van der Waals surface area contributed by atoms with Crippen LogP contribution in [0.4, 0.5) is 0 Å². The van der Waals surface area contributed by atoms with E-state index < -0.39 is 33.1 Å². The predicted molar refractivity (Wildman–Crippen MR) is 102 cm³/mol. The van der Waals surface area contributed by atoms with Crippen LogP contribution in [0.5, 0.6) is 0 Å². The second-order valence-electron chi connectivity index (χ2n) is 6.98. The molecule has 0 bridgehead atoms. The summed E-state index contributed by atoms with van der Waals surface area (Å²) in [5.74, 6) is 3.73.